The van der Waals surface area contributed by atoms with Gasteiger partial charge in [-0.25, -0.2) is 0 Å². The molecule has 0 radical (unpaired) electrons. The molecule has 0 aromatic heterocycles. The van der Waals surface area contributed by atoms with E-state index < -0.39 is 0 Å². The molecular formula is C15H32N2. The van der Waals surface area contributed by atoms with Gasteiger partial charge in [-0.2, -0.15) is 0 Å². The van der Waals surface area contributed by atoms with Gasteiger partial charge >= 0.3 is 0 Å². The Balaban J connectivity index is 2.17. The Morgan fingerprint density at radius 3 is 2.00 bits per heavy atom. The van der Waals surface area contributed by atoms with Crippen LogP contribution in [-0.2, 0) is 0 Å². The van der Waals surface area contributed by atoms with E-state index in [2.05, 4.69) is 45.0 Å². The van der Waals surface area contributed by atoms with Gasteiger partial charge in [0.2, 0.25) is 0 Å². The molecule has 0 spiro atoms. The number of nitrogens with zero attached hydrogens (tertiary/aromatic N) is 1. The van der Waals surface area contributed by atoms with Crippen LogP contribution in [0.1, 0.15) is 53.4 Å². The Labute approximate surface area is 108 Å². The zero-order valence-corrected chi connectivity index (χ0v) is 12.5. The zero-order chi connectivity index (χ0) is 12.8. The Morgan fingerprint density at radius 2 is 1.59 bits per heavy atom. The highest BCUT2D eigenvalue weighted by Crippen LogP contribution is 2.24. The molecule has 0 unspecified atom stereocenters. The number of rotatable bonds is 9. The first-order chi connectivity index (χ1) is 7.99. The molecule has 0 aromatic rings. The lowest BCUT2D eigenvalue weighted by Crippen LogP contribution is -2.38. The van der Waals surface area contributed by atoms with Gasteiger partial charge in [0.15, 0.2) is 0 Å². The third kappa shape index (κ3) is 7.05. The molecule has 1 rings (SSSR count). The van der Waals surface area contributed by atoms with Crippen LogP contribution in [0.4, 0.5) is 0 Å². The molecule has 1 fully saturated rings. The Bertz CT molecular complexity index is 187. The molecule has 17 heavy (non-hydrogen) atoms. The zero-order valence-electron chi connectivity index (χ0n) is 12.5. The second-order valence-corrected chi connectivity index (χ2v) is 6.62. The van der Waals surface area contributed by atoms with Crippen LogP contribution in [0.3, 0.4) is 0 Å². The van der Waals surface area contributed by atoms with Crippen LogP contribution in [0.15, 0.2) is 0 Å². The molecule has 0 atom stereocenters. The lowest BCUT2D eigenvalue weighted by molar-refractivity contribution is 0.296. The van der Waals surface area contributed by atoms with Crippen molar-refractivity contribution in [1.29, 1.82) is 0 Å². The van der Waals surface area contributed by atoms with Crippen molar-refractivity contribution in [2.45, 2.75) is 65.5 Å². The Kier molecular flexibility index (Phi) is 6.50. The molecular weight excluding hydrogens is 208 g/mol. The van der Waals surface area contributed by atoms with Crippen molar-refractivity contribution in [3.63, 3.8) is 0 Å². The number of hydrogen-bond acceptors (Lipinski definition) is 2. The standard InChI is InChI=1S/C15H32N2/c1-12(2)10-14(11-13(3)4)16-8-9-17(5)15-6-7-15/h12-16H,6-11H2,1-5H3. The number of nitrogens with one attached hydrogen (secondary N) is 1. The molecule has 0 aromatic carbocycles. The molecule has 1 aliphatic carbocycles. The number of likely N-dealkylation sites (N-methyl/N-ethyl adjacent to an activating group) is 1. The highest BCUT2D eigenvalue weighted by Gasteiger charge is 2.25. The largest absolute Gasteiger partial charge is 0.313 e. The first kappa shape index (κ1) is 15.0. The van der Waals surface area contributed by atoms with Gasteiger partial charge in [0.25, 0.3) is 0 Å². The molecule has 0 aliphatic heterocycles. The summed E-state index contributed by atoms with van der Waals surface area (Å²) in [5, 5.41) is 3.75. The molecule has 2 nitrogen and oxygen atoms in total. The van der Waals surface area contributed by atoms with Gasteiger partial charge in [0, 0.05) is 25.2 Å². The monoisotopic (exact) mass is 240 g/mol. The molecule has 0 amide bonds. The van der Waals surface area contributed by atoms with Gasteiger partial charge in [-0.3, -0.25) is 0 Å². The Hall–Kier alpha value is -0.0800. The van der Waals surface area contributed by atoms with Crippen molar-refractivity contribution in [1.82, 2.24) is 10.2 Å². The average Bonchev–Trinajstić information content (AvgIpc) is 2.97. The van der Waals surface area contributed by atoms with E-state index in [1.54, 1.807) is 0 Å². The van der Waals surface area contributed by atoms with Gasteiger partial charge in [-0.15, -0.1) is 0 Å². The van der Waals surface area contributed by atoms with Crippen molar-refractivity contribution < 1.29 is 0 Å². The highest BCUT2D eigenvalue weighted by molar-refractivity contribution is 4.83. The quantitative estimate of drug-likeness (QED) is 0.666. The van der Waals surface area contributed by atoms with E-state index in [1.165, 1.54) is 32.2 Å². The summed E-state index contributed by atoms with van der Waals surface area (Å²) in [6.45, 7) is 11.7. The van der Waals surface area contributed by atoms with E-state index in [4.69, 9.17) is 0 Å². The van der Waals surface area contributed by atoms with E-state index in [-0.39, 0.29) is 0 Å². The van der Waals surface area contributed by atoms with Crippen LogP contribution in [0.2, 0.25) is 0 Å². The van der Waals surface area contributed by atoms with Gasteiger partial charge in [0.1, 0.15) is 0 Å². The minimum absolute atomic E-state index is 0.711. The van der Waals surface area contributed by atoms with Crippen LogP contribution >= 0.6 is 0 Å². The normalized spacial score (nSPS) is 16.8. The van der Waals surface area contributed by atoms with Gasteiger partial charge in [-0.05, 0) is 44.6 Å². The maximum atomic E-state index is 3.75. The van der Waals surface area contributed by atoms with E-state index in [1.807, 2.05) is 0 Å². The van der Waals surface area contributed by atoms with Crippen molar-refractivity contribution in [3.8, 4) is 0 Å². The topological polar surface area (TPSA) is 15.3 Å². The van der Waals surface area contributed by atoms with E-state index in [0.717, 1.165) is 24.4 Å². The molecule has 1 N–H and O–H groups in total. The average molecular weight is 240 g/mol. The summed E-state index contributed by atoms with van der Waals surface area (Å²) < 4.78 is 0. The van der Waals surface area contributed by atoms with E-state index in [9.17, 15) is 0 Å². The van der Waals surface area contributed by atoms with E-state index >= 15 is 0 Å². The smallest absolute Gasteiger partial charge is 0.0107 e. The third-order valence-corrected chi connectivity index (χ3v) is 3.58. The lowest BCUT2D eigenvalue weighted by Gasteiger charge is -2.24. The van der Waals surface area contributed by atoms with Crippen molar-refractivity contribution >= 4 is 0 Å². The molecule has 1 aliphatic rings. The molecule has 0 saturated heterocycles. The maximum Gasteiger partial charge on any atom is 0.0107 e. The SMILES string of the molecule is CC(C)CC(CC(C)C)NCCN(C)C1CC1. The highest BCUT2D eigenvalue weighted by atomic mass is 15.2. The summed E-state index contributed by atoms with van der Waals surface area (Å²) in [4.78, 5) is 2.51. The first-order valence-corrected chi connectivity index (χ1v) is 7.42. The Morgan fingerprint density at radius 1 is 1.06 bits per heavy atom. The first-order valence-electron chi connectivity index (χ1n) is 7.42. The summed E-state index contributed by atoms with van der Waals surface area (Å²) >= 11 is 0. The predicted molar refractivity (Wildman–Crippen MR) is 76.4 cm³/mol. The minimum atomic E-state index is 0.711. The van der Waals surface area contributed by atoms with Gasteiger partial charge in [0.05, 0.1) is 0 Å². The summed E-state index contributed by atoms with van der Waals surface area (Å²) in [6.07, 6.45) is 5.45. The summed E-state index contributed by atoms with van der Waals surface area (Å²) in [6, 6.07) is 1.60. The molecule has 0 bridgehead atoms. The van der Waals surface area contributed by atoms with Gasteiger partial charge < -0.3 is 10.2 Å². The second kappa shape index (κ2) is 7.38. The lowest BCUT2D eigenvalue weighted by atomic mass is 9.95. The van der Waals surface area contributed by atoms with Gasteiger partial charge in [-0.1, -0.05) is 27.7 Å². The second-order valence-electron chi connectivity index (χ2n) is 6.62. The van der Waals surface area contributed by atoms with Crippen LogP contribution in [0, 0.1) is 11.8 Å². The van der Waals surface area contributed by atoms with Crippen LogP contribution < -0.4 is 5.32 Å². The summed E-state index contributed by atoms with van der Waals surface area (Å²) in [7, 11) is 2.26. The summed E-state index contributed by atoms with van der Waals surface area (Å²) in [5.41, 5.74) is 0. The minimum Gasteiger partial charge on any atom is -0.313 e. The van der Waals surface area contributed by atoms with Crippen LogP contribution in [0.25, 0.3) is 0 Å². The van der Waals surface area contributed by atoms with E-state index in [0.29, 0.717) is 6.04 Å². The summed E-state index contributed by atoms with van der Waals surface area (Å²) in [5.74, 6) is 1.60. The predicted octanol–water partition coefficient (Wildman–Crippen LogP) is 3.13. The fraction of sp³-hybridized carbons (Fsp3) is 1.00. The molecule has 2 heteroatoms. The molecule has 1 saturated carbocycles. The fourth-order valence-electron chi connectivity index (χ4n) is 2.54. The van der Waals surface area contributed by atoms with Crippen molar-refractivity contribution in [3.05, 3.63) is 0 Å². The van der Waals surface area contributed by atoms with Crippen LogP contribution in [0.5, 0.6) is 0 Å². The molecule has 0 heterocycles. The molecule has 102 valence electrons. The number of hydrogen-bond donors (Lipinski definition) is 1. The fourth-order valence-corrected chi connectivity index (χ4v) is 2.54. The van der Waals surface area contributed by atoms with Crippen LogP contribution in [-0.4, -0.2) is 37.1 Å². The van der Waals surface area contributed by atoms with Crippen molar-refractivity contribution in [2.24, 2.45) is 11.8 Å². The third-order valence-electron chi connectivity index (χ3n) is 3.58. The van der Waals surface area contributed by atoms with Crippen molar-refractivity contribution in [2.75, 3.05) is 20.1 Å². The maximum absolute atomic E-state index is 3.75.